The molecule has 0 saturated carbocycles. The highest BCUT2D eigenvalue weighted by Gasteiger charge is 2.15. The molecular formula is C22H20N4O2S2. The van der Waals surface area contributed by atoms with E-state index in [1.807, 2.05) is 30.3 Å². The monoisotopic (exact) mass is 436 g/mol. The third-order valence-corrected chi connectivity index (χ3v) is 6.58. The van der Waals surface area contributed by atoms with Crippen molar-refractivity contribution in [3.63, 3.8) is 0 Å². The fraction of sp³-hybridized carbons (Fsp3) is 0.182. The average Bonchev–Trinajstić information content (AvgIpc) is 3.42. The summed E-state index contributed by atoms with van der Waals surface area (Å²) in [5, 5.41) is 22.8. The van der Waals surface area contributed by atoms with Gasteiger partial charge < -0.3 is 4.57 Å². The van der Waals surface area contributed by atoms with Gasteiger partial charge in [-0.15, -0.1) is 21.5 Å². The largest absolute Gasteiger partial charge is 0.305 e. The Labute approximate surface area is 182 Å². The summed E-state index contributed by atoms with van der Waals surface area (Å²) in [5.74, 6) is 1.54. The third kappa shape index (κ3) is 5.14. The number of thiophene rings is 1. The van der Waals surface area contributed by atoms with Gasteiger partial charge in [-0.25, -0.2) is 0 Å². The van der Waals surface area contributed by atoms with Crippen LogP contribution in [0.1, 0.15) is 21.8 Å². The summed E-state index contributed by atoms with van der Waals surface area (Å²) in [6.07, 6.45) is 1.64. The Morgan fingerprint density at radius 1 is 1.00 bits per heavy atom. The third-order valence-electron chi connectivity index (χ3n) is 4.66. The smallest absolute Gasteiger partial charge is 0.269 e. The van der Waals surface area contributed by atoms with Crippen LogP contribution in [0.4, 0.5) is 5.69 Å². The van der Waals surface area contributed by atoms with Crippen molar-refractivity contribution in [2.75, 3.05) is 0 Å². The molecule has 0 amide bonds. The Bertz CT molecular complexity index is 1110. The lowest BCUT2D eigenvalue weighted by atomic mass is 10.1. The normalized spacial score (nSPS) is 10.9. The van der Waals surface area contributed by atoms with E-state index in [0.29, 0.717) is 5.75 Å². The molecule has 2 heterocycles. The Morgan fingerprint density at radius 2 is 1.83 bits per heavy atom. The molecule has 0 radical (unpaired) electrons. The molecule has 2 aromatic carbocycles. The predicted octanol–water partition coefficient (Wildman–Crippen LogP) is 5.37. The molecule has 8 heteroatoms. The highest BCUT2D eigenvalue weighted by atomic mass is 32.2. The van der Waals surface area contributed by atoms with E-state index in [1.54, 1.807) is 35.2 Å². The zero-order valence-electron chi connectivity index (χ0n) is 16.2. The first-order valence-corrected chi connectivity index (χ1v) is 11.4. The number of nitrogens with zero attached hydrogens (tertiary/aromatic N) is 4. The molecule has 0 N–H and O–H groups in total. The molecule has 0 aliphatic heterocycles. The fourth-order valence-electron chi connectivity index (χ4n) is 3.14. The van der Waals surface area contributed by atoms with Crippen molar-refractivity contribution in [1.29, 1.82) is 0 Å². The van der Waals surface area contributed by atoms with Gasteiger partial charge in [0.25, 0.3) is 5.69 Å². The maximum absolute atomic E-state index is 11.0. The maximum atomic E-state index is 11.0. The minimum atomic E-state index is -0.365. The highest BCUT2D eigenvalue weighted by Crippen LogP contribution is 2.25. The van der Waals surface area contributed by atoms with Crippen LogP contribution < -0.4 is 0 Å². The van der Waals surface area contributed by atoms with Gasteiger partial charge in [-0.3, -0.25) is 10.1 Å². The van der Waals surface area contributed by atoms with Gasteiger partial charge in [0.2, 0.25) is 0 Å². The zero-order valence-corrected chi connectivity index (χ0v) is 17.8. The molecule has 0 atom stereocenters. The van der Waals surface area contributed by atoms with Crippen LogP contribution in [0.25, 0.3) is 0 Å². The SMILES string of the molecule is O=[N+]([O-])c1cccc(CSc2nnc(Cc3cccs3)n2CCc2ccccc2)c1. The standard InChI is InChI=1S/C22H20N4O2S2/c27-26(28)19-9-4-8-18(14-19)16-30-22-24-23-21(15-20-10-5-13-29-20)25(22)12-11-17-6-2-1-3-7-17/h1-10,13-14H,11-12,15-16H2. The number of nitro benzene ring substituents is 1. The van der Waals surface area contributed by atoms with Crippen molar-refractivity contribution < 1.29 is 4.92 Å². The molecule has 4 rings (SSSR count). The molecule has 0 aliphatic rings. The van der Waals surface area contributed by atoms with Crippen LogP contribution in [0.3, 0.4) is 0 Å². The van der Waals surface area contributed by atoms with E-state index in [4.69, 9.17) is 0 Å². The molecule has 152 valence electrons. The first kappa shape index (κ1) is 20.3. The van der Waals surface area contributed by atoms with E-state index in [2.05, 4.69) is 38.3 Å². The first-order chi connectivity index (χ1) is 14.7. The molecule has 0 bridgehead atoms. The van der Waals surface area contributed by atoms with Crippen molar-refractivity contribution in [3.8, 4) is 0 Å². The number of benzene rings is 2. The van der Waals surface area contributed by atoms with Gasteiger partial charge in [-0.1, -0.05) is 60.3 Å². The lowest BCUT2D eigenvalue weighted by Crippen LogP contribution is -2.08. The van der Waals surface area contributed by atoms with Crippen LogP contribution in [0.2, 0.25) is 0 Å². The molecule has 0 unspecified atom stereocenters. The van der Waals surface area contributed by atoms with Crippen LogP contribution in [-0.2, 0) is 25.1 Å². The maximum Gasteiger partial charge on any atom is 0.269 e. The van der Waals surface area contributed by atoms with Gasteiger partial charge in [-0.2, -0.15) is 0 Å². The minimum Gasteiger partial charge on any atom is -0.305 e. The number of thioether (sulfide) groups is 1. The highest BCUT2D eigenvalue weighted by molar-refractivity contribution is 7.98. The molecule has 4 aromatic rings. The molecule has 0 saturated heterocycles. The molecule has 2 aromatic heterocycles. The van der Waals surface area contributed by atoms with E-state index in [0.717, 1.165) is 35.9 Å². The number of aromatic nitrogens is 3. The first-order valence-electron chi connectivity index (χ1n) is 9.53. The predicted molar refractivity (Wildman–Crippen MR) is 120 cm³/mol. The number of rotatable bonds is 9. The molecule has 0 fully saturated rings. The van der Waals surface area contributed by atoms with Crippen molar-refractivity contribution in [2.24, 2.45) is 0 Å². The van der Waals surface area contributed by atoms with Gasteiger partial charge in [-0.05, 0) is 29.0 Å². The lowest BCUT2D eigenvalue weighted by molar-refractivity contribution is -0.384. The van der Waals surface area contributed by atoms with E-state index >= 15 is 0 Å². The lowest BCUT2D eigenvalue weighted by Gasteiger charge is -2.10. The van der Waals surface area contributed by atoms with Crippen LogP contribution in [0, 0.1) is 10.1 Å². The number of hydrogen-bond donors (Lipinski definition) is 0. The number of non-ortho nitro benzene ring substituents is 1. The van der Waals surface area contributed by atoms with E-state index in [1.165, 1.54) is 16.5 Å². The summed E-state index contributed by atoms with van der Waals surface area (Å²) in [5.41, 5.74) is 2.27. The number of hydrogen-bond acceptors (Lipinski definition) is 6. The summed E-state index contributed by atoms with van der Waals surface area (Å²) in [4.78, 5) is 11.9. The van der Waals surface area contributed by atoms with Crippen molar-refractivity contribution in [2.45, 2.75) is 30.3 Å². The van der Waals surface area contributed by atoms with Crippen LogP contribution in [-0.4, -0.2) is 19.7 Å². The molecule has 30 heavy (non-hydrogen) atoms. The summed E-state index contributed by atoms with van der Waals surface area (Å²) in [6.45, 7) is 0.787. The second kappa shape index (κ2) is 9.69. The van der Waals surface area contributed by atoms with E-state index in [9.17, 15) is 10.1 Å². The molecule has 0 spiro atoms. The Kier molecular flexibility index (Phi) is 6.56. The van der Waals surface area contributed by atoms with Crippen LogP contribution in [0.15, 0.2) is 77.3 Å². The minimum absolute atomic E-state index is 0.108. The van der Waals surface area contributed by atoms with E-state index < -0.39 is 0 Å². The van der Waals surface area contributed by atoms with Crippen molar-refractivity contribution in [3.05, 3.63) is 104 Å². The quantitative estimate of drug-likeness (QED) is 0.200. The average molecular weight is 437 g/mol. The van der Waals surface area contributed by atoms with Crippen LogP contribution in [0.5, 0.6) is 0 Å². The van der Waals surface area contributed by atoms with Gasteiger partial charge in [0.15, 0.2) is 5.16 Å². The zero-order chi connectivity index (χ0) is 20.8. The van der Waals surface area contributed by atoms with Crippen molar-refractivity contribution >= 4 is 28.8 Å². The Morgan fingerprint density at radius 3 is 2.60 bits per heavy atom. The van der Waals surface area contributed by atoms with Gasteiger partial charge in [0.05, 0.1) is 4.92 Å². The fourth-order valence-corrected chi connectivity index (χ4v) is 4.77. The topological polar surface area (TPSA) is 73.8 Å². The summed E-state index contributed by atoms with van der Waals surface area (Å²) >= 11 is 3.27. The Hall–Kier alpha value is -2.97. The molecular weight excluding hydrogens is 416 g/mol. The number of aryl methyl sites for hydroxylation is 1. The van der Waals surface area contributed by atoms with E-state index in [-0.39, 0.29) is 10.6 Å². The second-order valence-corrected chi connectivity index (χ2v) is 8.73. The van der Waals surface area contributed by atoms with Gasteiger partial charge in [0, 0.05) is 35.7 Å². The summed E-state index contributed by atoms with van der Waals surface area (Å²) < 4.78 is 2.18. The van der Waals surface area contributed by atoms with Crippen molar-refractivity contribution in [1.82, 2.24) is 14.8 Å². The number of nitro groups is 1. The Balaban J connectivity index is 1.53. The molecule has 0 aliphatic carbocycles. The second-order valence-electron chi connectivity index (χ2n) is 6.76. The van der Waals surface area contributed by atoms with Gasteiger partial charge >= 0.3 is 0 Å². The molecule has 6 nitrogen and oxygen atoms in total. The van der Waals surface area contributed by atoms with Crippen LogP contribution >= 0.6 is 23.1 Å². The summed E-state index contributed by atoms with van der Waals surface area (Å²) in [7, 11) is 0. The summed E-state index contributed by atoms with van der Waals surface area (Å²) in [6, 6.07) is 21.3. The van der Waals surface area contributed by atoms with Gasteiger partial charge in [0.1, 0.15) is 5.82 Å².